The van der Waals surface area contributed by atoms with Crippen molar-refractivity contribution >= 4 is 12.2 Å². The number of aliphatic carboxylic acids is 1. The summed E-state index contributed by atoms with van der Waals surface area (Å²) in [6, 6.07) is -0.954. The molecule has 0 saturated heterocycles. The number of carboxylic acids is 1. The van der Waals surface area contributed by atoms with Crippen molar-refractivity contribution in [3.05, 3.63) is 0 Å². The number of rotatable bonds is 1. The van der Waals surface area contributed by atoms with E-state index < -0.39 is 18.1 Å². The van der Waals surface area contributed by atoms with E-state index in [1.807, 2.05) is 0 Å². The highest BCUT2D eigenvalue weighted by Gasteiger charge is 2.27. The van der Waals surface area contributed by atoms with Crippen molar-refractivity contribution in [2.45, 2.75) is 18.6 Å². The number of aliphatic hydroxyl groups is 1. The van der Waals surface area contributed by atoms with Gasteiger partial charge in [0.25, 0.3) is 0 Å². The summed E-state index contributed by atoms with van der Waals surface area (Å²) in [7, 11) is 0. The first-order chi connectivity index (χ1) is 4.72. The van der Waals surface area contributed by atoms with E-state index in [0.717, 1.165) is 0 Å². The summed E-state index contributed by atoms with van der Waals surface area (Å²) < 4.78 is 0. The van der Waals surface area contributed by atoms with Gasteiger partial charge in [-0.05, 0) is 0 Å². The predicted octanol–water partition coefficient (Wildman–Crippen LogP) is -1.22. The van der Waals surface area contributed by atoms with E-state index >= 15 is 0 Å². The Hall–Kier alpha value is -1.10. The zero-order valence-electron chi connectivity index (χ0n) is 5.19. The molecule has 0 radical (unpaired) electrons. The van der Waals surface area contributed by atoms with Crippen molar-refractivity contribution < 1.29 is 15.0 Å². The Morgan fingerprint density at radius 2 is 2.50 bits per heavy atom. The van der Waals surface area contributed by atoms with Crippen molar-refractivity contribution in [3.8, 4) is 0 Å². The smallest absolute Gasteiger partial charge is 0.330 e. The molecule has 2 unspecified atom stereocenters. The van der Waals surface area contributed by atoms with Crippen LogP contribution in [0.25, 0.3) is 0 Å². The molecule has 10 heavy (non-hydrogen) atoms. The molecule has 1 heterocycles. The van der Waals surface area contributed by atoms with Crippen LogP contribution < -0.4 is 5.43 Å². The number of nitrogens with one attached hydrogen (secondary N) is 1. The van der Waals surface area contributed by atoms with Crippen molar-refractivity contribution in [2.24, 2.45) is 5.10 Å². The predicted molar refractivity (Wildman–Crippen MR) is 33.7 cm³/mol. The third kappa shape index (κ3) is 1.24. The Balaban J connectivity index is 2.59. The molecular formula is C5H8N2O3. The van der Waals surface area contributed by atoms with Crippen molar-refractivity contribution in [3.63, 3.8) is 0 Å². The summed E-state index contributed by atoms with van der Waals surface area (Å²) >= 11 is 0. The van der Waals surface area contributed by atoms with Crippen LogP contribution in [0, 0.1) is 0 Å². The molecule has 1 aliphatic heterocycles. The second-order valence-electron chi connectivity index (χ2n) is 2.06. The minimum atomic E-state index is -1.08. The van der Waals surface area contributed by atoms with E-state index in [9.17, 15) is 4.79 Å². The Bertz CT molecular complexity index is 168. The van der Waals surface area contributed by atoms with Crippen LogP contribution in [-0.2, 0) is 4.79 Å². The number of carbonyl (C=O) groups is 1. The lowest BCUT2D eigenvalue weighted by atomic mass is 10.1. The fourth-order valence-electron chi connectivity index (χ4n) is 0.736. The molecule has 3 N–H and O–H groups in total. The zero-order valence-corrected chi connectivity index (χ0v) is 5.19. The second kappa shape index (κ2) is 2.66. The molecule has 5 heteroatoms. The zero-order chi connectivity index (χ0) is 7.56. The first-order valence-electron chi connectivity index (χ1n) is 2.89. The van der Waals surface area contributed by atoms with Gasteiger partial charge in [0.1, 0.15) is 0 Å². The molecule has 0 amide bonds. The lowest BCUT2D eigenvalue weighted by Crippen LogP contribution is -2.46. The van der Waals surface area contributed by atoms with Crippen LogP contribution in [0.3, 0.4) is 0 Å². The second-order valence-corrected chi connectivity index (χ2v) is 2.06. The molecule has 0 aromatic carbocycles. The summed E-state index contributed by atoms with van der Waals surface area (Å²) in [6.45, 7) is 0. The van der Waals surface area contributed by atoms with Gasteiger partial charge < -0.3 is 10.2 Å². The maximum Gasteiger partial charge on any atom is 0.330 e. The van der Waals surface area contributed by atoms with Gasteiger partial charge >= 0.3 is 5.97 Å². The Kier molecular flexibility index (Phi) is 1.86. The quantitative estimate of drug-likeness (QED) is 0.431. The largest absolute Gasteiger partial charge is 0.480 e. The normalized spacial score (nSPS) is 31.3. The third-order valence-electron chi connectivity index (χ3n) is 1.30. The van der Waals surface area contributed by atoms with Gasteiger partial charge in [-0.3, -0.25) is 5.43 Å². The van der Waals surface area contributed by atoms with E-state index in [1.54, 1.807) is 0 Å². The van der Waals surface area contributed by atoms with Gasteiger partial charge in [-0.2, -0.15) is 5.10 Å². The molecule has 1 rings (SSSR count). The lowest BCUT2D eigenvalue weighted by Gasteiger charge is -2.20. The SMILES string of the molecule is O=C(O)C1NN=CCC1O. The average Bonchev–Trinajstić information content (AvgIpc) is 1.88. The first kappa shape index (κ1) is 7.01. The molecule has 1 aliphatic rings. The minimum absolute atomic E-state index is 0.296. The van der Waals surface area contributed by atoms with Gasteiger partial charge in [-0.25, -0.2) is 4.79 Å². The summed E-state index contributed by atoms with van der Waals surface area (Å²) in [5.41, 5.74) is 2.29. The van der Waals surface area contributed by atoms with Crippen molar-refractivity contribution in [1.29, 1.82) is 0 Å². The van der Waals surface area contributed by atoms with E-state index in [-0.39, 0.29) is 0 Å². The lowest BCUT2D eigenvalue weighted by molar-refractivity contribution is -0.142. The molecule has 0 fully saturated rings. The fraction of sp³-hybridized carbons (Fsp3) is 0.600. The maximum atomic E-state index is 10.3. The molecule has 56 valence electrons. The minimum Gasteiger partial charge on any atom is -0.480 e. The van der Waals surface area contributed by atoms with Crippen LogP contribution in [-0.4, -0.2) is 34.5 Å². The highest BCUT2D eigenvalue weighted by atomic mass is 16.4. The molecule has 0 aliphatic carbocycles. The van der Waals surface area contributed by atoms with Crippen LogP contribution in [0.2, 0.25) is 0 Å². The number of hydrogen-bond donors (Lipinski definition) is 3. The van der Waals surface area contributed by atoms with Crippen LogP contribution in [0.15, 0.2) is 5.10 Å². The third-order valence-corrected chi connectivity index (χ3v) is 1.30. The summed E-state index contributed by atoms with van der Waals surface area (Å²) in [5, 5.41) is 20.9. The van der Waals surface area contributed by atoms with Crippen molar-refractivity contribution in [1.82, 2.24) is 5.43 Å². The van der Waals surface area contributed by atoms with Gasteiger partial charge in [0.05, 0.1) is 6.10 Å². The summed E-state index contributed by atoms with van der Waals surface area (Å²) in [5.74, 6) is -1.08. The van der Waals surface area contributed by atoms with Gasteiger partial charge in [0.2, 0.25) is 0 Å². The fourth-order valence-corrected chi connectivity index (χ4v) is 0.736. The summed E-state index contributed by atoms with van der Waals surface area (Å²) in [6.07, 6.45) is 0.878. The molecule has 2 atom stereocenters. The molecule has 0 saturated carbocycles. The molecule has 0 bridgehead atoms. The molecular weight excluding hydrogens is 136 g/mol. The van der Waals surface area contributed by atoms with Gasteiger partial charge in [0.15, 0.2) is 6.04 Å². The highest BCUT2D eigenvalue weighted by Crippen LogP contribution is 2.01. The molecule has 5 nitrogen and oxygen atoms in total. The van der Waals surface area contributed by atoms with E-state index in [2.05, 4.69) is 10.5 Å². The standard InChI is InChI=1S/C5H8N2O3/c8-3-1-2-6-7-4(3)5(9)10/h2-4,7-8H,1H2,(H,9,10). The van der Waals surface area contributed by atoms with E-state index in [1.165, 1.54) is 6.21 Å². The van der Waals surface area contributed by atoms with E-state index in [0.29, 0.717) is 6.42 Å². The van der Waals surface area contributed by atoms with Gasteiger partial charge in [-0.1, -0.05) is 0 Å². The Morgan fingerprint density at radius 1 is 1.80 bits per heavy atom. The van der Waals surface area contributed by atoms with Crippen LogP contribution in [0.1, 0.15) is 6.42 Å². The Labute approximate surface area is 57.4 Å². The molecule has 0 spiro atoms. The number of aliphatic hydroxyl groups excluding tert-OH is 1. The van der Waals surface area contributed by atoms with E-state index in [4.69, 9.17) is 10.2 Å². The highest BCUT2D eigenvalue weighted by molar-refractivity contribution is 5.76. The van der Waals surface area contributed by atoms with Crippen LogP contribution in [0.4, 0.5) is 0 Å². The van der Waals surface area contributed by atoms with Crippen molar-refractivity contribution in [2.75, 3.05) is 0 Å². The number of nitrogens with zero attached hydrogens (tertiary/aromatic N) is 1. The topological polar surface area (TPSA) is 81.9 Å². The van der Waals surface area contributed by atoms with Gasteiger partial charge in [0, 0.05) is 12.6 Å². The number of carboxylic acid groups (broad SMARTS) is 1. The molecule has 0 aromatic rings. The number of hydrazone groups is 1. The van der Waals surface area contributed by atoms with Gasteiger partial charge in [-0.15, -0.1) is 0 Å². The first-order valence-corrected chi connectivity index (χ1v) is 2.89. The number of hydrogen-bond acceptors (Lipinski definition) is 4. The Morgan fingerprint density at radius 3 is 2.90 bits per heavy atom. The van der Waals surface area contributed by atoms with Crippen LogP contribution >= 0.6 is 0 Å². The maximum absolute atomic E-state index is 10.3. The van der Waals surface area contributed by atoms with Crippen LogP contribution in [0.5, 0.6) is 0 Å². The summed E-state index contributed by atoms with van der Waals surface area (Å²) in [4.78, 5) is 10.3. The average molecular weight is 144 g/mol. The monoisotopic (exact) mass is 144 g/mol. The molecule has 0 aromatic heterocycles.